The van der Waals surface area contributed by atoms with Gasteiger partial charge in [-0.15, -0.1) is 0 Å². The first-order valence-corrected chi connectivity index (χ1v) is 10.3. The molecule has 0 aliphatic heterocycles. The maximum Gasteiger partial charge on any atom is 0.326 e. The molecule has 1 aromatic heterocycles. The Morgan fingerprint density at radius 3 is 2.31 bits per heavy atom. The van der Waals surface area contributed by atoms with E-state index in [9.17, 15) is 24.6 Å². The second-order valence-corrected chi connectivity index (χ2v) is 7.50. The molecule has 3 unspecified atom stereocenters. The van der Waals surface area contributed by atoms with Gasteiger partial charge in [-0.3, -0.25) is 9.59 Å². The Kier molecular flexibility index (Phi) is 9.64. The predicted octanol–water partition coefficient (Wildman–Crippen LogP) is -0.589. The lowest BCUT2D eigenvalue weighted by Gasteiger charge is -2.23. The van der Waals surface area contributed by atoms with Gasteiger partial charge < -0.3 is 37.3 Å². The number of amides is 2. The van der Waals surface area contributed by atoms with Gasteiger partial charge in [0.1, 0.15) is 17.8 Å². The van der Waals surface area contributed by atoms with Crippen molar-refractivity contribution in [1.82, 2.24) is 20.6 Å². The summed E-state index contributed by atoms with van der Waals surface area (Å²) in [5, 5.41) is 24.1. The summed E-state index contributed by atoms with van der Waals surface area (Å²) in [5.74, 6) is -2.34. The average molecular weight is 447 g/mol. The monoisotopic (exact) mass is 446 g/mol. The van der Waals surface area contributed by atoms with E-state index in [1.165, 1.54) is 24.7 Å². The Morgan fingerprint density at radius 1 is 1.03 bits per heavy atom. The molecule has 0 saturated carbocycles. The van der Waals surface area contributed by atoms with Crippen LogP contribution < -0.4 is 22.1 Å². The molecule has 11 nitrogen and oxygen atoms in total. The van der Waals surface area contributed by atoms with Crippen molar-refractivity contribution in [2.45, 2.75) is 50.2 Å². The number of carbonyl (C=O) groups excluding carboxylic acids is 2. The SMILES string of the molecule is NCCCCC(N)C(=O)NC(Cc1cnc[nH]1)C(=O)NC(Cc1ccc(O)cc1)C(=O)O. The molecule has 3 atom stereocenters. The van der Waals surface area contributed by atoms with Gasteiger partial charge in [-0.2, -0.15) is 0 Å². The molecule has 1 heterocycles. The largest absolute Gasteiger partial charge is 0.508 e. The number of carboxylic acid groups (broad SMARTS) is 1. The number of aromatic hydroxyl groups is 1. The number of hydrogen-bond donors (Lipinski definition) is 7. The summed E-state index contributed by atoms with van der Waals surface area (Å²) < 4.78 is 0. The van der Waals surface area contributed by atoms with Gasteiger partial charge in [0.05, 0.1) is 12.4 Å². The van der Waals surface area contributed by atoms with E-state index < -0.39 is 35.9 Å². The quantitative estimate of drug-likeness (QED) is 0.198. The van der Waals surface area contributed by atoms with Crippen LogP contribution in [0.1, 0.15) is 30.5 Å². The molecule has 2 rings (SSSR count). The van der Waals surface area contributed by atoms with Crippen molar-refractivity contribution >= 4 is 17.8 Å². The number of unbranched alkanes of at least 4 members (excludes halogenated alkanes) is 1. The number of benzene rings is 1. The number of carbonyl (C=O) groups is 3. The topological polar surface area (TPSA) is 196 Å². The number of carboxylic acids is 1. The van der Waals surface area contributed by atoms with Crippen LogP contribution >= 0.6 is 0 Å². The first-order chi connectivity index (χ1) is 15.3. The minimum absolute atomic E-state index is 0.00464. The van der Waals surface area contributed by atoms with Gasteiger partial charge in [0.25, 0.3) is 0 Å². The molecule has 2 aromatic rings. The maximum atomic E-state index is 12.9. The summed E-state index contributed by atoms with van der Waals surface area (Å²) in [6.07, 6.45) is 4.87. The minimum atomic E-state index is -1.23. The number of H-pyrrole nitrogens is 1. The van der Waals surface area contributed by atoms with Crippen LogP contribution in [0.4, 0.5) is 0 Å². The highest BCUT2D eigenvalue weighted by Crippen LogP contribution is 2.12. The first kappa shape index (κ1) is 24.8. The normalized spacial score (nSPS) is 13.7. The van der Waals surface area contributed by atoms with Crippen LogP contribution in [0.5, 0.6) is 5.75 Å². The Hall–Kier alpha value is -3.44. The molecule has 11 heteroatoms. The van der Waals surface area contributed by atoms with E-state index in [4.69, 9.17) is 11.5 Å². The molecule has 0 spiro atoms. The number of nitrogens with one attached hydrogen (secondary N) is 3. The van der Waals surface area contributed by atoms with Crippen LogP contribution in [-0.2, 0) is 27.2 Å². The van der Waals surface area contributed by atoms with E-state index in [1.807, 2.05) is 0 Å². The smallest absolute Gasteiger partial charge is 0.326 e. The van der Waals surface area contributed by atoms with Crippen molar-refractivity contribution in [3.05, 3.63) is 48.0 Å². The van der Waals surface area contributed by atoms with E-state index in [2.05, 4.69) is 20.6 Å². The van der Waals surface area contributed by atoms with E-state index in [0.717, 1.165) is 6.42 Å². The number of aromatic nitrogens is 2. The third-order valence-corrected chi connectivity index (χ3v) is 4.91. The van der Waals surface area contributed by atoms with Crippen LogP contribution in [0.2, 0.25) is 0 Å². The number of phenols is 1. The van der Waals surface area contributed by atoms with E-state index >= 15 is 0 Å². The fourth-order valence-corrected chi connectivity index (χ4v) is 3.08. The number of imidazole rings is 1. The Morgan fingerprint density at radius 2 is 1.72 bits per heavy atom. The molecule has 0 aliphatic carbocycles. The molecule has 0 bridgehead atoms. The third-order valence-electron chi connectivity index (χ3n) is 4.91. The van der Waals surface area contributed by atoms with Crippen molar-refractivity contribution in [2.75, 3.05) is 6.54 Å². The number of nitrogens with two attached hydrogens (primary N) is 2. The van der Waals surface area contributed by atoms with Crippen molar-refractivity contribution in [2.24, 2.45) is 11.5 Å². The van der Waals surface area contributed by atoms with Crippen LogP contribution in [0.3, 0.4) is 0 Å². The highest BCUT2D eigenvalue weighted by molar-refractivity contribution is 5.92. The van der Waals surface area contributed by atoms with Crippen LogP contribution in [0.15, 0.2) is 36.8 Å². The Balaban J connectivity index is 2.08. The number of phenolic OH excluding ortho intramolecular Hbond substituents is 1. The molecular formula is C21H30N6O5. The lowest BCUT2D eigenvalue weighted by molar-refractivity contribution is -0.142. The number of aromatic amines is 1. The highest BCUT2D eigenvalue weighted by atomic mass is 16.4. The third kappa shape index (κ3) is 8.00. The molecule has 0 fully saturated rings. The summed E-state index contributed by atoms with van der Waals surface area (Å²) in [5.41, 5.74) is 12.6. The first-order valence-electron chi connectivity index (χ1n) is 10.3. The highest BCUT2D eigenvalue weighted by Gasteiger charge is 2.28. The van der Waals surface area contributed by atoms with Gasteiger partial charge in [-0.1, -0.05) is 18.6 Å². The van der Waals surface area contributed by atoms with Crippen molar-refractivity contribution < 1.29 is 24.6 Å². The fourth-order valence-electron chi connectivity index (χ4n) is 3.08. The molecule has 9 N–H and O–H groups in total. The van der Waals surface area contributed by atoms with Gasteiger partial charge in [0, 0.05) is 24.7 Å². The van der Waals surface area contributed by atoms with Crippen molar-refractivity contribution in [3.8, 4) is 5.75 Å². The number of nitrogens with zero attached hydrogens (tertiary/aromatic N) is 1. The summed E-state index contributed by atoms with van der Waals surface area (Å²) in [6.45, 7) is 0.497. The second kappa shape index (κ2) is 12.4. The molecule has 174 valence electrons. The summed E-state index contributed by atoms with van der Waals surface area (Å²) in [7, 11) is 0. The standard InChI is InChI=1S/C21H30N6O5/c22-8-2-1-3-16(23)19(29)26-17(10-14-11-24-12-25-14)20(30)27-18(21(31)32)9-13-4-6-15(28)7-5-13/h4-7,11-12,16-18,28H,1-3,8-10,22-23H2,(H,24,25)(H,26,29)(H,27,30)(H,31,32). The van der Waals surface area contributed by atoms with Gasteiger partial charge in [0.15, 0.2) is 0 Å². The summed E-state index contributed by atoms with van der Waals surface area (Å²) >= 11 is 0. The van der Waals surface area contributed by atoms with Gasteiger partial charge in [-0.05, 0) is 37.1 Å². The fraction of sp³-hybridized carbons (Fsp3) is 0.429. The van der Waals surface area contributed by atoms with Crippen LogP contribution in [-0.4, -0.2) is 62.6 Å². The molecule has 2 amide bonds. The average Bonchev–Trinajstić information content (AvgIpc) is 3.27. The van der Waals surface area contributed by atoms with E-state index in [1.54, 1.807) is 12.1 Å². The second-order valence-electron chi connectivity index (χ2n) is 7.50. The summed E-state index contributed by atoms with van der Waals surface area (Å²) in [6, 6.07) is 2.92. The zero-order valence-corrected chi connectivity index (χ0v) is 17.7. The van der Waals surface area contributed by atoms with Gasteiger partial charge in [-0.25, -0.2) is 9.78 Å². The number of rotatable bonds is 13. The number of hydrogen-bond acceptors (Lipinski definition) is 7. The van der Waals surface area contributed by atoms with E-state index in [0.29, 0.717) is 30.6 Å². The lowest BCUT2D eigenvalue weighted by atomic mass is 10.0. The van der Waals surface area contributed by atoms with Gasteiger partial charge in [0.2, 0.25) is 11.8 Å². The lowest BCUT2D eigenvalue weighted by Crippen LogP contribution is -2.55. The van der Waals surface area contributed by atoms with Crippen LogP contribution in [0.25, 0.3) is 0 Å². The molecular weight excluding hydrogens is 416 g/mol. The molecule has 0 aliphatic rings. The Bertz CT molecular complexity index is 871. The number of aliphatic carboxylic acids is 1. The molecule has 1 aromatic carbocycles. The summed E-state index contributed by atoms with van der Waals surface area (Å²) in [4.78, 5) is 43.9. The predicted molar refractivity (Wildman–Crippen MR) is 116 cm³/mol. The van der Waals surface area contributed by atoms with E-state index in [-0.39, 0.29) is 18.6 Å². The zero-order valence-electron chi connectivity index (χ0n) is 17.7. The van der Waals surface area contributed by atoms with Gasteiger partial charge >= 0.3 is 5.97 Å². The minimum Gasteiger partial charge on any atom is -0.508 e. The van der Waals surface area contributed by atoms with Crippen LogP contribution in [0, 0.1) is 0 Å². The Labute approximate surface area is 185 Å². The molecule has 0 radical (unpaired) electrons. The molecule has 32 heavy (non-hydrogen) atoms. The van der Waals surface area contributed by atoms with Crippen molar-refractivity contribution in [1.29, 1.82) is 0 Å². The zero-order chi connectivity index (χ0) is 23.5. The van der Waals surface area contributed by atoms with Crippen molar-refractivity contribution in [3.63, 3.8) is 0 Å². The maximum absolute atomic E-state index is 12.9. The molecule has 0 saturated heterocycles.